The third-order valence-electron chi connectivity index (χ3n) is 4.75. The van der Waals surface area contributed by atoms with Gasteiger partial charge >= 0.3 is 6.09 Å². The Hall–Kier alpha value is -2.43. The smallest absolute Gasteiger partial charge is 0.409 e. The first kappa shape index (κ1) is 14.2. The number of benzene rings is 1. The number of hydrogen-bond donors (Lipinski definition) is 0. The average Bonchev–Trinajstić information content (AvgIpc) is 2.98. The molecule has 3 heterocycles. The molecule has 0 spiro atoms. The topological polar surface area (TPSA) is 37.7 Å². The minimum Gasteiger partial charge on any atom is -0.450 e. The average molecular weight is 311 g/mol. The molecule has 1 saturated heterocycles. The molecule has 1 fully saturated rings. The van der Waals surface area contributed by atoms with Gasteiger partial charge in [-0.1, -0.05) is 18.2 Å². The van der Waals surface area contributed by atoms with E-state index in [2.05, 4.69) is 52.1 Å². The van der Waals surface area contributed by atoms with E-state index in [0.717, 1.165) is 13.1 Å². The maximum Gasteiger partial charge on any atom is 0.409 e. The Morgan fingerprint density at radius 1 is 1.22 bits per heavy atom. The number of amides is 1. The van der Waals surface area contributed by atoms with E-state index in [0.29, 0.717) is 19.7 Å². The van der Waals surface area contributed by atoms with Crippen molar-refractivity contribution in [3.63, 3.8) is 0 Å². The van der Waals surface area contributed by atoms with Crippen LogP contribution in [0.15, 0.2) is 42.6 Å². The number of rotatable bonds is 1. The van der Waals surface area contributed by atoms with Crippen molar-refractivity contribution in [2.24, 2.45) is 0 Å². The highest BCUT2D eigenvalue weighted by Crippen LogP contribution is 2.36. The number of hydrogen-bond acceptors (Lipinski definition) is 3. The summed E-state index contributed by atoms with van der Waals surface area (Å²) in [4.78, 5) is 16.4. The van der Waals surface area contributed by atoms with Crippen LogP contribution in [0.4, 0.5) is 10.5 Å². The second-order valence-electron chi connectivity index (χ2n) is 6.04. The van der Waals surface area contributed by atoms with Crippen LogP contribution in [0, 0.1) is 0 Å². The summed E-state index contributed by atoms with van der Waals surface area (Å²) in [6, 6.07) is 13.0. The van der Waals surface area contributed by atoms with Crippen molar-refractivity contribution < 1.29 is 9.53 Å². The third kappa shape index (κ3) is 2.36. The normalized spacial score (nSPS) is 19.4. The Balaban J connectivity index is 1.72. The number of para-hydroxylation sites is 1. The molecule has 0 aliphatic carbocycles. The second-order valence-corrected chi connectivity index (χ2v) is 6.04. The lowest BCUT2D eigenvalue weighted by atomic mass is 10.1. The highest BCUT2D eigenvalue weighted by molar-refractivity contribution is 5.69. The molecule has 1 aromatic heterocycles. The van der Waals surface area contributed by atoms with Gasteiger partial charge < -0.3 is 19.1 Å². The van der Waals surface area contributed by atoms with Gasteiger partial charge in [-0.25, -0.2) is 4.79 Å². The van der Waals surface area contributed by atoms with Gasteiger partial charge in [0, 0.05) is 37.2 Å². The summed E-state index contributed by atoms with van der Waals surface area (Å²) in [5.41, 5.74) is 3.87. The zero-order valence-corrected chi connectivity index (χ0v) is 13.3. The molecule has 1 atom stereocenters. The maximum atomic E-state index is 12.1. The van der Waals surface area contributed by atoms with Crippen LogP contribution in [0.3, 0.4) is 0 Å². The van der Waals surface area contributed by atoms with E-state index in [1.807, 2.05) is 11.8 Å². The van der Waals surface area contributed by atoms with E-state index in [9.17, 15) is 4.79 Å². The minimum absolute atomic E-state index is 0.173. The van der Waals surface area contributed by atoms with Crippen molar-refractivity contribution >= 4 is 11.8 Å². The van der Waals surface area contributed by atoms with Crippen LogP contribution in [0.2, 0.25) is 0 Å². The summed E-state index contributed by atoms with van der Waals surface area (Å²) in [7, 11) is 0. The summed E-state index contributed by atoms with van der Waals surface area (Å²) >= 11 is 0. The van der Waals surface area contributed by atoms with Crippen LogP contribution < -0.4 is 4.90 Å². The number of piperazine rings is 1. The summed E-state index contributed by atoms with van der Waals surface area (Å²) in [6.07, 6.45) is 1.92. The van der Waals surface area contributed by atoms with Crippen LogP contribution in [0.5, 0.6) is 0 Å². The van der Waals surface area contributed by atoms with Gasteiger partial charge in [0.05, 0.1) is 19.2 Å². The zero-order chi connectivity index (χ0) is 15.8. The number of anilines is 1. The Labute approximate surface area is 136 Å². The Morgan fingerprint density at radius 2 is 2.09 bits per heavy atom. The molecule has 1 aromatic carbocycles. The molecule has 120 valence electrons. The predicted molar refractivity (Wildman–Crippen MR) is 88.7 cm³/mol. The molecule has 5 nitrogen and oxygen atoms in total. The lowest BCUT2D eigenvalue weighted by Crippen LogP contribution is -2.50. The van der Waals surface area contributed by atoms with Gasteiger partial charge in [-0.05, 0) is 30.7 Å². The van der Waals surface area contributed by atoms with Crippen molar-refractivity contribution in [2.45, 2.75) is 19.5 Å². The summed E-state index contributed by atoms with van der Waals surface area (Å²) in [6.45, 7) is 5.34. The molecule has 23 heavy (non-hydrogen) atoms. The van der Waals surface area contributed by atoms with E-state index >= 15 is 0 Å². The van der Waals surface area contributed by atoms with Crippen molar-refractivity contribution in [1.29, 1.82) is 0 Å². The molecule has 4 rings (SSSR count). The first-order valence-electron chi connectivity index (χ1n) is 8.19. The number of nitrogens with zero attached hydrogens (tertiary/aromatic N) is 3. The third-order valence-corrected chi connectivity index (χ3v) is 4.75. The van der Waals surface area contributed by atoms with Gasteiger partial charge in [-0.3, -0.25) is 0 Å². The zero-order valence-electron chi connectivity index (χ0n) is 13.3. The highest BCUT2D eigenvalue weighted by Gasteiger charge is 2.35. The molecule has 0 radical (unpaired) electrons. The fraction of sp³-hybridized carbons (Fsp3) is 0.389. The largest absolute Gasteiger partial charge is 0.450 e. The number of ether oxygens (including phenoxy) is 1. The van der Waals surface area contributed by atoms with Gasteiger partial charge in [0.2, 0.25) is 0 Å². The lowest BCUT2D eigenvalue weighted by Gasteiger charge is -2.41. The van der Waals surface area contributed by atoms with Gasteiger partial charge in [0.1, 0.15) is 0 Å². The van der Waals surface area contributed by atoms with E-state index in [1.165, 1.54) is 16.9 Å². The van der Waals surface area contributed by atoms with Crippen molar-refractivity contribution in [3.8, 4) is 0 Å². The molecular formula is C18H21N3O2. The molecule has 2 aliphatic rings. The molecule has 2 aromatic rings. The molecular weight excluding hydrogens is 290 g/mol. The van der Waals surface area contributed by atoms with Crippen molar-refractivity contribution in [3.05, 3.63) is 53.9 Å². The molecule has 1 unspecified atom stereocenters. The summed E-state index contributed by atoms with van der Waals surface area (Å²) in [5, 5.41) is 0. The van der Waals surface area contributed by atoms with E-state index in [4.69, 9.17) is 4.74 Å². The molecule has 5 heteroatoms. The predicted octanol–water partition coefficient (Wildman–Crippen LogP) is 2.87. The molecule has 2 aliphatic heterocycles. The quantitative estimate of drug-likeness (QED) is 0.813. The maximum absolute atomic E-state index is 12.1. The van der Waals surface area contributed by atoms with E-state index in [-0.39, 0.29) is 12.1 Å². The second kappa shape index (κ2) is 5.65. The monoisotopic (exact) mass is 311 g/mol. The molecule has 0 bridgehead atoms. The summed E-state index contributed by atoms with van der Waals surface area (Å²) in [5.74, 6) is 0. The van der Waals surface area contributed by atoms with Crippen LogP contribution in [0.25, 0.3) is 0 Å². The lowest BCUT2D eigenvalue weighted by molar-refractivity contribution is 0.0988. The highest BCUT2D eigenvalue weighted by atomic mass is 16.6. The Morgan fingerprint density at radius 3 is 2.96 bits per heavy atom. The van der Waals surface area contributed by atoms with Crippen molar-refractivity contribution in [2.75, 3.05) is 31.1 Å². The van der Waals surface area contributed by atoms with Crippen LogP contribution in [0.1, 0.15) is 24.2 Å². The first-order chi connectivity index (χ1) is 11.3. The number of fused-ring (bicyclic) bond motifs is 5. The van der Waals surface area contributed by atoms with Crippen molar-refractivity contribution in [1.82, 2.24) is 9.47 Å². The van der Waals surface area contributed by atoms with Gasteiger partial charge in [-0.15, -0.1) is 0 Å². The van der Waals surface area contributed by atoms with Crippen LogP contribution in [-0.4, -0.2) is 41.8 Å². The van der Waals surface area contributed by atoms with Gasteiger partial charge in [-0.2, -0.15) is 0 Å². The Kier molecular flexibility index (Phi) is 3.48. The van der Waals surface area contributed by atoms with Gasteiger partial charge in [0.25, 0.3) is 0 Å². The SMILES string of the molecule is CCOC(=O)N1CCN2c3ccccc3Cn3cccc3C2C1. The standard InChI is InChI=1S/C18H21N3O2/c1-2-23-18(22)20-10-11-21-15-7-4-3-6-14(15)12-19-9-5-8-16(19)17(21)13-20/h3-9,17H,2,10-13H2,1H3. The van der Waals surface area contributed by atoms with E-state index < -0.39 is 0 Å². The molecule has 0 N–H and O–H groups in total. The number of carbonyl (C=O) groups is 1. The van der Waals surface area contributed by atoms with Crippen LogP contribution in [-0.2, 0) is 11.3 Å². The summed E-state index contributed by atoms with van der Waals surface area (Å²) < 4.78 is 7.48. The number of aromatic nitrogens is 1. The minimum atomic E-state index is -0.206. The first-order valence-corrected chi connectivity index (χ1v) is 8.19. The molecule has 1 amide bonds. The fourth-order valence-corrected chi connectivity index (χ4v) is 3.69. The fourth-order valence-electron chi connectivity index (χ4n) is 3.69. The molecule has 0 saturated carbocycles. The van der Waals surface area contributed by atoms with Crippen LogP contribution >= 0.6 is 0 Å². The van der Waals surface area contributed by atoms with Gasteiger partial charge in [0.15, 0.2) is 0 Å². The van der Waals surface area contributed by atoms with E-state index in [1.54, 1.807) is 0 Å². The Bertz CT molecular complexity index is 725. The number of carbonyl (C=O) groups excluding carboxylic acids is 1.